The van der Waals surface area contributed by atoms with Crippen LogP contribution in [0.15, 0.2) is 36.4 Å². The van der Waals surface area contributed by atoms with E-state index >= 15 is 0 Å². The molecule has 0 radical (unpaired) electrons. The van der Waals surface area contributed by atoms with E-state index in [9.17, 15) is 0 Å². The highest BCUT2D eigenvalue weighted by Gasteiger charge is 2.51. The van der Waals surface area contributed by atoms with Crippen molar-refractivity contribution in [1.82, 2.24) is 4.98 Å². The first-order valence-corrected chi connectivity index (χ1v) is 13.2. The van der Waals surface area contributed by atoms with Crippen molar-refractivity contribution in [3.8, 4) is 22.8 Å². The SMILES string of the molecule is COc1ccc(-c2[nH]c3ccc(C45CC6CC(CC(C6)C4)C5)cc3c2CCCCN)c(OC)c1. The first kappa shape index (κ1) is 22.0. The van der Waals surface area contributed by atoms with Gasteiger partial charge in [0, 0.05) is 22.5 Å². The first-order chi connectivity index (χ1) is 16.6. The highest BCUT2D eigenvalue weighted by atomic mass is 16.5. The van der Waals surface area contributed by atoms with Crippen LogP contribution in [0.3, 0.4) is 0 Å². The van der Waals surface area contributed by atoms with Gasteiger partial charge in [0.2, 0.25) is 0 Å². The van der Waals surface area contributed by atoms with Gasteiger partial charge in [0.1, 0.15) is 11.5 Å². The lowest BCUT2D eigenvalue weighted by Crippen LogP contribution is -2.48. The van der Waals surface area contributed by atoms with Crippen LogP contribution in [0.4, 0.5) is 0 Å². The summed E-state index contributed by atoms with van der Waals surface area (Å²) in [5.41, 5.74) is 12.8. The molecule has 0 unspecified atom stereocenters. The summed E-state index contributed by atoms with van der Waals surface area (Å²) in [6.45, 7) is 0.738. The van der Waals surface area contributed by atoms with E-state index in [-0.39, 0.29) is 0 Å². The molecule has 0 atom stereocenters. The predicted octanol–water partition coefficient (Wildman–Crippen LogP) is 6.60. The molecule has 1 aromatic heterocycles. The zero-order valence-electron chi connectivity index (χ0n) is 20.7. The molecule has 4 saturated carbocycles. The summed E-state index contributed by atoms with van der Waals surface area (Å²) >= 11 is 0. The highest BCUT2D eigenvalue weighted by Crippen LogP contribution is 2.61. The van der Waals surface area contributed by atoms with Crippen LogP contribution < -0.4 is 15.2 Å². The molecule has 4 aliphatic rings. The molecule has 4 heteroatoms. The van der Waals surface area contributed by atoms with E-state index in [1.54, 1.807) is 19.8 Å². The number of aryl methyl sites for hydroxylation is 1. The van der Waals surface area contributed by atoms with Gasteiger partial charge in [-0.15, -0.1) is 0 Å². The molecular formula is C30H38N2O2. The lowest BCUT2D eigenvalue weighted by Gasteiger charge is -2.57. The Labute approximate surface area is 203 Å². The van der Waals surface area contributed by atoms with Crippen LogP contribution >= 0.6 is 0 Å². The third-order valence-electron chi connectivity index (χ3n) is 9.12. The average molecular weight is 459 g/mol. The number of nitrogens with two attached hydrogens (primary N) is 1. The van der Waals surface area contributed by atoms with E-state index in [1.165, 1.54) is 60.7 Å². The fourth-order valence-electron chi connectivity index (χ4n) is 7.98. The number of aromatic nitrogens is 1. The number of hydrogen-bond acceptors (Lipinski definition) is 3. The quantitative estimate of drug-likeness (QED) is 0.374. The molecule has 180 valence electrons. The summed E-state index contributed by atoms with van der Waals surface area (Å²) in [6, 6.07) is 13.4. The van der Waals surface area contributed by atoms with Gasteiger partial charge in [-0.2, -0.15) is 0 Å². The third-order valence-corrected chi connectivity index (χ3v) is 9.12. The van der Waals surface area contributed by atoms with Gasteiger partial charge in [-0.25, -0.2) is 0 Å². The van der Waals surface area contributed by atoms with Crippen LogP contribution in [0.2, 0.25) is 0 Å². The van der Waals surface area contributed by atoms with Crippen LogP contribution in [-0.2, 0) is 11.8 Å². The number of fused-ring (bicyclic) bond motifs is 1. The molecule has 3 aromatic rings. The minimum atomic E-state index is 0.409. The molecule has 4 aliphatic carbocycles. The maximum Gasteiger partial charge on any atom is 0.131 e. The number of methoxy groups -OCH3 is 2. The van der Waals surface area contributed by atoms with E-state index in [0.717, 1.165) is 60.6 Å². The zero-order valence-corrected chi connectivity index (χ0v) is 20.7. The monoisotopic (exact) mass is 458 g/mol. The number of rotatable bonds is 8. The molecule has 3 N–H and O–H groups in total. The third kappa shape index (κ3) is 3.62. The highest BCUT2D eigenvalue weighted by molar-refractivity contribution is 5.92. The Balaban J connectivity index is 1.46. The number of benzene rings is 2. The normalized spacial score (nSPS) is 27.4. The van der Waals surface area contributed by atoms with Crippen molar-refractivity contribution in [3.05, 3.63) is 47.5 Å². The van der Waals surface area contributed by atoms with E-state index in [4.69, 9.17) is 15.2 Å². The van der Waals surface area contributed by atoms with Gasteiger partial charge in [0.05, 0.1) is 19.9 Å². The number of H-pyrrole nitrogens is 1. The summed E-state index contributed by atoms with van der Waals surface area (Å²) in [7, 11) is 3.43. The summed E-state index contributed by atoms with van der Waals surface area (Å²) in [5, 5.41) is 1.39. The molecule has 0 spiro atoms. The van der Waals surface area contributed by atoms with Crippen LogP contribution in [0.1, 0.15) is 62.5 Å². The zero-order chi connectivity index (χ0) is 23.3. The Kier molecular flexibility index (Phi) is 5.60. The second-order valence-corrected chi connectivity index (χ2v) is 11.2. The number of hydrogen-bond donors (Lipinski definition) is 2. The fraction of sp³-hybridized carbons (Fsp3) is 0.533. The standard InChI is InChI=1S/C30H38N2O2/c1-33-23-7-8-25(28(15-23)34-2)29-24(5-3-4-10-31)26-14-22(6-9-27(26)32-29)30-16-19-11-20(17-30)13-21(12-19)18-30/h6-9,14-15,19-21,32H,3-5,10-13,16-18,31H2,1-2H3. The van der Waals surface area contributed by atoms with Crippen molar-refractivity contribution in [1.29, 1.82) is 0 Å². The molecule has 7 rings (SSSR count). The lowest BCUT2D eigenvalue weighted by atomic mass is 9.48. The second kappa shape index (κ2) is 8.64. The average Bonchev–Trinajstić information content (AvgIpc) is 3.20. The van der Waals surface area contributed by atoms with Gasteiger partial charge in [-0.05, 0) is 123 Å². The van der Waals surface area contributed by atoms with E-state index in [0.29, 0.717) is 5.41 Å². The number of ether oxygens (including phenoxy) is 2. The van der Waals surface area contributed by atoms with Gasteiger partial charge < -0.3 is 20.2 Å². The Hall–Kier alpha value is -2.46. The topological polar surface area (TPSA) is 60.3 Å². The van der Waals surface area contributed by atoms with Crippen LogP contribution in [0.25, 0.3) is 22.2 Å². The van der Waals surface area contributed by atoms with Crippen molar-refractivity contribution in [2.24, 2.45) is 23.5 Å². The molecule has 0 aliphatic heterocycles. The van der Waals surface area contributed by atoms with Crippen molar-refractivity contribution in [2.75, 3.05) is 20.8 Å². The smallest absolute Gasteiger partial charge is 0.131 e. The van der Waals surface area contributed by atoms with Gasteiger partial charge in [0.25, 0.3) is 0 Å². The summed E-state index contributed by atoms with van der Waals surface area (Å²) in [5.74, 6) is 4.52. The first-order valence-electron chi connectivity index (χ1n) is 13.2. The van der Waals surface area contributed by atoms with Crippen molar-refractivity contribution in [3.63, 3.8) is 0 Å². The van der Waals surface area contributed by atoms with Gasteiger partial charge in [0.15, 0.2) is 0 Å². The van der Waals surface area contributed by atoms with Crippen LogP contribution in [0.5, 0.6) is 11.5 Å². The number of unbranched alkanes of at least 4 members (excludes halogenated alkanes) is 1. The van der Waals surface area contributed by atoms with E-state index in [1.807, 2.05) is 12.1 Å². The maximum absolute atomic E-state index is 5.86. The van der Waals surface area contributed by atoms with Crippen molar-refractivity contribution in [2.45, 2.75) is 63.2 Å². The van der Waals surface area contributed by atoms with Crippen LogP contribution in [0, 0.1) is 17.8 Å². The van der Waals surface area contributed by atoms with Gasteiger partial charge in [-0.1, -0.05) is 6.07 Å². The number of nitrogens with one attached hydrogen (secondary N) is 1. The molecule has 2 aromatic carbocycles. The Bertz CT molecular complexity index is 1160. The molecule has 4 bridgehead atoms. The molecule has 4 fully saturated rings. The molecule has 1 heterocycles. The van der Waals surface area contributed by atoms with Gasteiger partial charge in [-0.3, -0.25) is 0 Å². The fourth-order valence-corrected chi connectivity index (χ4v) is 7.98. The van der Waals surface area contributed by atoms with E-state index < -0.39 is 0 Å². The lowest BCUT2D eigenvalue weighted by molar-refractivity contribution is -0.00513. The summed E-state index contributed by atoms with van der Waals surface area (Å²) in [6.07, 6.45) is 11.8. The predicted molar refractivity (Wildman–Crippen MR) is 139 cm³/mol. The minimum absolute atomic E-state index is 0.409. The van der Waals surface area contributed by atoms with Crippen LogP contribution in [-0.4, -0.2) is 25.7 Å². The Morgan fingerprint density at radius 3 is 2.29 bits per heavy atom. The summed E-state index contributed by atoms with van der Waals surface area (Å²) in [4.78, 5) is 3.77. The minimum Gasteiger partial charge on any atom is -0.497 e. The van der Waals surface area contributed by atoms with Gasteiger partial charge >= 0.3 is 0 Å². The Morgan fingerprint density at radius 1 is 0.912 bits per heavy atom. The second-order valence-electron chi connectivity index (χ2n) is 11.2. The van der Waals surface area contributed by atoms with Crippen molar-refractivity contribution < 1.29 is 9.47 Å². The molecule has 0 saturated heterocycles. The summed E-state index contributed by atoms with van der Waals surface area (Å²) < 4.78 is 11.2. The molecular weight excluding hydrogens is 420 g/mol. The van der Waals surface area contributed by atoms with E-state index in [2.05, 4.69) is 29.2 Å². The number of aromatic amines is 1. The molecule has 0 amide bonds. The molecule has 34 heavy (non-hydrogen) atoms. The Morgan fingerprint density at radius 2 is 1.65 bits per heavy atom. The molecule has 4 nitrogen and oxygen atoms in total. The largest absolute Gasteiger partial charge is 0.497 e. The van der Waals surface area contributed by atoms with Crippen molar-refractivity contribution >= 4 is 10.9 Å². The maximum atomic E-state index is 5.86.